The monoisotopic (exact) mass is 625 g/mol. The highest BCUT2D eigenvalue weighted by molar-refractivity contribution is 6.43. The fourth-order valence-corrected chi connectivity index (χ4v) is 8.50. The van der Waals surface area contributed by atoms with Gasteiger partial charge in [0.1, 0.15) is 0 Å². The van der Waals surface area contributed by atoms with Crippen molar-refractivity contribution >= 4 is 57.6 Å². The molecular formula is C39H25Cl2NO3. The normalized spacial score (nSPS) is 25.3. The molecule has 0 unspecified atom stereocenters. The van der Waals surface area contributed by atoms with Gasteiger partial charge < -0.3 is 0 Å². The number of nitrogens with zero attached hydrogens (tertiary/aromatic N) is 1. The second kappa shape index (κ2) is 10.1. The average molecular weight is 627 g/mol. The van der Waals surface area contributed by atoms with E-state index in [9.17, 15) is 9.59 Å². The van der Waals surface area contributed by atoms with Crippen molar-refractivity contribution in [2.45, 2.75) is 10.8 Å². The highest BCUT2D eigenvalue weighted by Crippen LogP contribution is 2.74. The van der Waals surface area contributed by atoms with Crippen LogP contribution >= 0.6 is 23.2 Å². The Kier molecular flexibility index (Phi) is 6.25. The van der Waals surface area contributed by atoms with E-state index in [-0.39, 0.29) is 10.8 Å². The van der Waals surface area contributed by atoms with Crippen molar-refractivity contribution in [2.75, 3.05) is 4.90 Å². The second-order valence-electron chi connectivity index (χ2n) is 11.7. The first-order chi connectivity index (χ1) is 21.9. The third-order valence-corrected chi connectivity index (χ3v) is 10.5. The molecule has 1 heterocycles. The van der Waals surface area contributed by atoms with Crippen LogP contribution in [0.3, 0.4) is 0 Å². The van der Waals surface area contributed by atoms with Crippen LogP contribution in [0.25, 0.3) is 11.1 Å². The van der Waals surface area contributed by atoms with E-state index in [1.165, 1.54) is 4.90 Å². The lowest BCUT2D eigenvalue weighted by atomic mass is 9.59. The number of allylic oxidation sites excluding steroid dienone is 2. The third-order valence-electron chi connectivity index (χ3n) is 9.74. The van der Waals surface area contributed by atoms with Crippen LogP contribution < -0.4 is 4.90 Å². The Balaban J connectivity index is 1.55. The first-order valence-electron chi connectivity index (χ1n) is 14.8. The minimum Gasteiger partial charge on any atom is -0.297 e. The lowest BCUT2D eigenvalue weighted by Crippen LogP contribution is -2.45. The molecule has 218 valence electrons. The highest BCUT2D eigenvalue weighted by Gasteiger charge is 2.82. The number of ketones is 1. The number of carbonyl (C=O) groups excluding carboxylic acids is 3. The van der Waals surface area contributed by atoms with Crippen molar-refractivity contribution in [3.8, 4) is 0 Å². The van der Waals surface area contributed by atoms with Crippen molar-refractivity contribution in [1.29, 1.82) is 0 Å². The van der Waals surface area contributed by atoms with Gasteiger partial charge in [-0.15, -0.1) is 0 Å². The van der Waals surface area contributed by atoms with Crippen LogP contribution in [0.5, 0.6) is 0 Å². The Hall–Kier alpha value is -4.77. The van der Waals surface area contributed by atoms with Gasteiger partial charge in [0.15, 0.2) is 5.78 Å². The van der Waals surface area contributed by atoms with Crippen LogP contribution in [0.1, 0.15) is 22.3 Å². The molecule has 1 saturated heterocycles. The molecule has 2 amide bonds. The zero-order valence-electron chi connectivity index (χ0n) is 23.9. The first kappa shape index (κ1) is 27.8. The van der Waals surface area contributed by atoms with Crippen molar-refractivity contribution in [1.82, 2.24) is 0 Å². The van der Waals surface area contributed by atoms with Gasteiger partial charge in [-0.25, -0.2) is 4.90 Å². The molecule has 8 rings (SSSR count). The molecular weight excluding hydrogens is 601 g/mol. The maximum atomic E-state index is 15.8. The summed E-state index contributed by atoms with van der Waals surface area (Å²) in [4.78, 5) is 47.0. The lowest BCUT2D eigenvalue weighted by Gasteiger charge is -2.39. The standard InChI is InChI=1S/C39H25Cl2NO3/c40-29-22-21-28(23-30(29)41)42-35(43)33-34(36(42)44)39(27-19-11-4-12-20-27)32(25-15-7-2-8-16-25)31(24-13-5-1-6-14-24)38(33,37(39)45)26-17-9-3-10-18-26/h1-23,33-34H/t33-,34-,38-,39-/m0/s1. The van der Waals surface area contributed by atoms with E-state index in [0.29, 0.717) is 21.8 Å². The second-order valence-corrected chi connectivity index (χ2v) is 12.5. The number of anilines is 1. The number of hydrogen-bond donors (Lipinski definition) is 0. The van der Waals surface area contributed by atoms with Gasteiger partial charge in [0.2, 0.25) is 11.8 Å². The molecule has 2 aliphatic carbocycles. The van der Waals surface area contributed by atoms with Crippen LogP contribution in [-0.4, -0.2) is 17.6 Å². The first-order valence-corrected chi connectivity index (χ1v) is 15.5. The molecule has 3 aliphatic rings. The molecule has 0 aromatic heterocycles. The average Bonchev–Trinajstić information content (AvgIpc) is 3.59. The minimum absolute atomic E-state index is 0.157. The van der Waals surface area contributed by atoms with Crippen molar-refractivity contribution < 1.29 is 14.4 Å². The van der Waals surface area contributed by atoms with E-state index in [2.05, 4.69) is 0 Å². The Bertz CT molecular complexity index is 1930. The van der Waals surface area contributed by atoms with Crippen LogP contribution in [-0.2, 0) is 25.2 Å². The van der Waals surface area contributed by atoms with Crippen molar-refractivity contribution in [3.05, 3.63) is 172 Å². The topological polar surface area (TPSA) is 54.5 Å². The van der Waals surface area contributed by atoms with Gasteiger partial charge in [-0.05, 0) is 51.6 Å². The minimum atomic E-state index is -1.45. The van der Waals surface area contributed by atoms with Gasteiger partial charge in [0, 0.05) is 0 Å². The Morgan fingerprint density at radius 2 is 0.889 bits per heavy atom. The summed E-state index contributed by atoms with van der Waals surface area (Å²) < 4.78 is 0. The molecule has 6 heteroatoms. The summed E-state index contributed by atoms with van der Waals surface area (Å²) in [5.41, 5.74) is 1.97. The molecule has 1 saturated carbocycles. The van der Waals surface area contributed by atoms with Crippen LogP contribution in [0.15, 0.2) is 140 Å². The van der Waals surface area contributed by atoms with E-state index in [0.717, 1.165) is 22.3 Å². The SMILES string of the molecule is O=C1[C@@H]2[C@@H](C(=O)N1c1ccc(Cl)c(Cl)c1)[C@@]1(c3ccccc3)C(=O)[C@@]2(c2ccccc2)C(c2ccccc2)=C1c1ccccc1. The predicted molar refractivity (Wildman–Crippen MR) is 177 cm³/mol. The zero-order valence-corrected chi connectivity index (χ0v) is 25.4. The van der Waals surface area contributed by atoms with Gasteiger partial charge in [-0.1, -0.05) is 145 Å². The maximum absolute atomic E-state index is 15.8. The van der Waals surface area contributed by atoms with Gasteiger partial charge >= 0.3 is 0 Å². The van der Waals surface area contributed by atoms with Crippen LogP contribution in [0.2, 0.25) is 10.0 Å². The van der Waals surface area contributed by atoms with Gasteiger partial charge in [0.25, 0.3) is 0 Å². The molecule has 2 fully saturated rings. The van der Waals surface area contributed by atoms with Crippen LogP contribution in [0.4, 0.5) is 5.69 Å². The summed E-state index contributed by atoms with van der Waals surface area (Å²) in [6.07, 6.45) is 0. The van der Waals surface area contributed by atoms with E-state index in [4.69, 9.17) is 23.2 Å². The molecule has 0 N–H and O–H groups in total. The number of benzene rings is 5. The summed E-state index contributed by atoms with van der Waals surface area (Å²) in [5.74, 6) is -3.03. The molecule has 4 nitrogen and oxygen atoms in total. The van der Waals surface area contributed by atoms with Gasteiger partial charge in [-0.3, -0.25) is 14.4 Å². The number of rotatable bonds is 5. The summed E-state index contributed by atoms with van der Waals surface area (Å²) in [7, 11) is 0. The van der Waals surface area contributed by atoms with Crippen LogP contribution in [0, 0.1) is 11.8 Å². The predicted octanol–water partition coefficient (Wildman–Crippen LogP) is 8.18. The smallest absolute Gasteiger partial charge is 0.239 e. The number of halogens is 2. The fourth-order valence-electron chi connectivity index (χ4n) is 8.21. The highest BCUT2D eigenvalue weighted by atomic mass is 35.5. The quantitative estimate of drug-likeness (QED) is 0.185. The fraction of sp³-hybridized carbons (Fsp3) is 0.103. The van der Waals surface area contributed by atoms with E-state index in [1.54, 1.807) is 18.2 Å². The number of fused-ring (bicyclic) bond motifs is 5. The maximum Gasteiger partial charge on any atom is 0.239 e. The van der Waals surface area contributed by atoms with E-state index < -0.39 is 34.5 Å². The van der Waals surface area contributed by atoms with Crippen molar-refractivity contribution in [3.63, 3.8) is 0 Å². The van der Waals surface area contributed by atoms with Gasteiger partial charge in [-0.2, -0.15) is 0 Å². The molecule has 1 aliphatic heterocycles. The summed E-state index contributed by atoms with van der Waals surface area (Å²) in [5, 5.41) is 0.547. The Morgan fingerprint density at radius 1 is 0.489 bits per heavy atom. The Morgan fingerprint density at radius 3 is 1.29 bits per heavy atom. The number of imide groups is 1. The number of hydrogen-bond acceptors (Lipinski definition) is 3. The summed E-state index contributed by atoms with van der Waals surface area (Å²) >= 11 is 12.6. The molecule has 2 bridgehead atoms. The lowest BCUT2D eigenvalue weighted by molar-refractivity contribution is -0.130. The van der Waals surface area contributed by atoms with Gasteiger partial charge in [0.05, 0.1) is 38.4 Å². The number of carbonyl (C=O) groups is 3. The molecule has 0 spiro atoms. The zero-order chi connectivity index (χ0) is 30.9. The van der Waals surface area contributed by atoms with E-state index in [1.807, 2.05) is 121 Å². The third kappa shape index (κ3) is 3.52. The molecule has 0 radical (unpaired) electrons. The summed E-state index contributed by atoms with van der Waals surface area (Å²) in [6.45, 7) is 0. The number of Topliss-reactive ketones (excluding diaryl/α,β-unsaturated/α-hetero) is 1. The Labute approximate surface area is 270 Å². The number of amides is 2. The van der Waals surface area contributed by atoms with E-state index >= 15 is 4.79 Å². The molecule has 45 heavy (non-hydrogen) atoms. The largest absolute Gasteiger partial charge is 0.297 e. The molecule has 5 aromatic rings. The summed E-state index contributed by atoms with van der Waals surface area (Å²) in [6, 6.07) is 43.3. The molecule has 5 aromatic carbocycles. The van der Waals surface area contributed by atoms with Crippen molar-refractivity contribution in [2.24, 2.45) is 11.8 Å². The molecule has 4 atom stereocenters.